The van der Waals surface area contributed by atoms with Gasteiger partial charge in [0.15, 0.2) is 23.7 Å². The Bertz CT molecular complexity index is 1070. The third-order valence-corrected chi connectivity index (χ3v) is 4.64. The third-order valence-electron chi connectivity index (χ3n) is 3.77. The lowest BCUT2D eigenvalue weighted by Gasteiger charge is -2.01. The highest BCUT2D eigenvalue weighted by atomic mass is 32.1. The maximum absolute atomic E-state index is 12.6. The number of hydrogen-bond donors (Lipinski definition) is 1. The quantitative estimate of drug-likeness (QED) is 0.512. The summed E-state index contributed by atoms with van der Waals surface area (Å²) in [5.74, 6) is 0.300. The van der Waals surface area contributed by atoms with Crippen LogP contribution in [0.15, 0.2) is 52.7 Å². The number of rotatable bonds is 7. The molecule has 4 aromatic rings. The van der Waals surface area contributed by atoms with E-state index in [1.807, 2.05) is 35.7 Å². The number of methoxy groups -OCH3 is 1. The Morgan fingerprint density at radius 3 is 3.00 bits per heavy atom. The van der Waals surface area contributed by atoms with Crippen LogP contribution < -0.4 is 5.32 Å². The first-order valence-corrected chi connectivity index (χ1v) is 9.23. The highest BCUT2D eigenvalue weighted by Gasteiger charge is 2.19. The molecule has 0 radical (unpaired) electrons. The molecule has 3 heterocycles. The number of aromatic nitrogens is 5. The van der Waals surface area contributed by atoms with Crippen LogP contribution >= 0.6 is 11.3 Å². The molecule has 0 aliphatic heterocycles. The summed E-state index contributed by atoms with van der Waals surface area (Å²) in [5, 5.41) is 13.9. The van der Waals surface area contributed by atoms with E-state index in [9.17, 15) is 4.79 Å². The predicted molar refractivity (Wildman–Crippen MR) is 102 cm³/mol. The van der Waals surface area contributed by atoms with Crippen molar-refractivity contribution in [2.75, 3.05) is 12.4 Å². The summed E-state index contributed by atoms with van der Waals surface area (Å²) in [5.41, 5.74) is 1.78. The van der Waals surface area contributed by atoms with Crippen molar-refractivity contribution in [3.63, 3.8) is 0 Å². The number of carbonyl (C=O) groups is 1. The zero-order chi connectivity index (χ0) is 19.3. The lowest BCUT2D eigenvalue weighted by molar-refractivity contribution is 0.102. The molecule has 0 bridgehead atoms. The molecule has 0 saturated heterocycles. The summed E-state index contributed by atoms with van der Waals surface area (Å²) >= 11 is 1.52. The van der Waals surface area contributed by atoms with Gasteiger partial charge in [0.05, 0.1) is 18.5 Å². The molecule has 3 aromatic heterocycles. The number of ether oxygens (including phenoxy) is 1. The van der Waals surface area contributed by atoms with Crippen molar-refractivity contribution < 1.29 is 13.9 Å². The molecule has 0 atom stereocenters. The molecule has 1 amide bonds. The summed E-state index contributed by atoms with van der Waals surface area (Å²) in [6, 6.07) is 9.31. The minimum Gasteiger partial charge on any atom is -0.443 e. The van der Waals surface area contributed by atoms with Gasteiger partial charge in [0.1, 0.15) is 11.6 Å². The standard InChI is InChI=1S/C18H16N6O3S/c1-26-9-15-21-13(10-28-15)8-24-20-7-14(23-24)22-18(25)16-17(27-11-19-16)12-5-3-2-4-6-12/h2-7,10-11H,8-9H2,1H3,(H,22,23,25). The van der Waals surface area contributed by atoms with Gasteiger partial charge in [0.2, 0.25) is 0 Å². The SMILES string of the molecule is COCc1nc(Cn2ncc(NC(=O)c3ncoc3-c3ccccc3)n2)cs1. The summed E-state index contributed by atoms with van der Waals surface area (Å²) in [6.45, 7) is 0.870. The Kier molecular flexibility index (Phi) is 5.22. The molecular weight excluding hydrogens is 380 g/mol. The van der Waals surface area contributed by atoms with E-state index in [2.05, 4.69) is 25.5 Å². The van der Waals surface area contributed by atoms with Crippen molar-refractivity contribution in [3.05, 3.63) is 64.7 Å². The normalized spacial score (nSPS) is 10.9. The van der Waals surface area contributed by atoms with Crippen molar-refractivity contribution in [3.8, 4) is 11.3 Å². The van der Waals surface area contributed by atoms with E-state index >= 15 is 0 Å². The first-order valence-electron chi connectivity index (χ1n) is 8.35. The minimum atomic E-state index is -0.421. The van der Waals surface area contributed by atoms with E-state index < -0.39 is 5.91 Å². The number of anilines is 1. The molecule has 0 aliphatic rings. The fraction of sp³-hybridized carbons (Fsp3) is 0.167. The fourth-order valence-electron chi connectivity index (χ4n) is 2.56. The molecule has 1 N–H and O–H groups in total. The predicted octanol–water partition coefficient (Wildman–Crippen LogP) is 2.84. The smallest absolute Gasteiger partial charge is 0.279 e. The van der Waals surface area contributed by atoms with Crippen LogP contribution in [0.2, 0.25) is 0 Å². The van der Waals surface area contributed by atoms with Crippen molar-refractivity contribution in [1.82, 2.24) is 25.0 Å². The van der Waals surface area contributed by atoms with Crippen molar-refractivity contribution in [2.45, 2.75) is 13.2 Å². The Balaban J connectivity index is 1.44. The fourth-order valence-corrected chi connectivity index (χ4v) is 3.32. The largest absolute Gasteiger partial charge is 0.443 e. The van der Waals surface area contributed by atoms with Gasteiger partial charge in [-0.1, -0.05) is 30.3 Å². The van der Waals surface area contributed by atoms with Crippen LogP contribution in [0, 0.1) is 0 Å². The molecule has 9 nitrogen and oxygen atoms in total. The summed E-state index contributed by atoms with van der Waals surface area (Å²) in [6.07, 6.45) is 2.72. The topological polar surface area (TPSA) is 108 Å². The van der Waals surface area contributed by atoms with Gasteiger partial charge >= 0.3 is 0 Å². The monoisotopic (exact) mass is 396 g/mol. The van der Waals surface area contributed by atoms with Crippen molar-refractivity contribution >= 4 is 23.1 Å². The van der Waals surface area contributed by atoms with E-state index in [1.165, 1.54) is 28.7 Å². The third kappa shape index (κ3) is 3.97. The van der Waals surface area contributed by atoms with Gasteiger partial charge in [-0.25, -0.2) is 9.97 Å². The summed E-state index contributed by atoms with van der Waals surface area (Å²) in [4.78, 5) is 22.5. The first-order chi connectivity index (χ1) is 13.7. The van der Waals surface area contributed by atoms with Crippen LogP contribution in [0.3, 0.4) is 0 Å². The molecule has 0 fully saturated rings. The Morgan fingerprint density at radius 1 is 1.32 bits per heavy atom. The van der Waals surface area contributed by atoms with E-state index in [1.54, 1.807) is 7.11 Å². The number of amides is 1. The second-order valence-electron chi connectivity index (χ2n) is 5.78. The number of oxazole rings is 1. The number of nitrogens with one attached hydrogen (secondary N) is 1. The van der Waals surface area contributed by atoms with Crippen LogP contribution in [0.5, 0.6) is 0 Å². The molecule has 0 unspecified atom stereocenters. The van der Waals surface area contributed by atoms with Gasteiger partial charge in [0.25, 0.3) is 5.91 Å². The van der Waals surface area contributed by atoms with E-state index in [0.717, 1.165) is 16.3 Å². The maximum Gasteiger partial charge on any atom is 0.279 e. The summed E-state index contributed by atoms with van der Waals surface area (Å²) < 4.78 is 10.5. The molecule has 10 heteroatoms. The van der Waals surface area contributed by atoms with Crippen LogP contribution in [0.4, 0.5) is 5.82 Å². The van der Waals surface area contributed by atoms with Crippen LogP contribution in [0.25, 0.3) is 11.3 Å². The molecule has 0 spiro atoms. The molecule has 0 saturated carbocycles. The van der Waals surface area contributed by atoms with Crippen molar-refractivity contribution in [2.24, 2.45) is 0 Å². The second-order valence-corrected chi connectivity index (χ2v) is 6.72. The van der Waals surface area contributed by atoms with Crippen LogP contribution in [-0.4, -0.2) is 38.0 Å². The van der Waals surface area contributed by atoms with Gasteiger partial charge in [-0.2, -0.15) is 9.90 Å². The van der Waals surface area contributed by atoms with Gasteiger partial charge in [-0.3, -0.25) is 4.79 Å². The molecule has 142 valence electrons. The average Bonchev–Trinajstić information content (AvgIpc) is 3.45. The number of benzene rings is 1. The Morgan fingerprint density at radius 2 is 2.18 bits per heavy atom. The Hall–Kier alpha value is -3.37. The van der Waals surface area contributed by atoms with Crippen molar-refractivity contribution in [1.29, 1.82) is 0 Å². The zero-order valence-electron chi connectivity index (χ0n) is 14.9. The van der Waals surface area contributed by atoms with Crippen LogP contribution in [-0.2, 0) is 17.9 Å². The lowest BCUT2D eigenvalue weighted by Crippen LogP contribution is -2.14. The average molecular weight is 396 g/mol. The molecule has 28 heavy (non-hydrogen) atoms. The number of hydrogen-bond acceptors (Lipinski definition) is 8. The molecular formula is C18H16N6O3S. The van der Waals surface area contributed by atoms with Crippen LogP contribution in [0.1, 0.15) is 21.2 Å². The van der Waals surface area contributed by atoms with Gasteiger partial charge in [-0.15, -0.1) is 16.4 Å². The lowest BCUT2D eigenvalue weighted by atomic mass is 10.1. The minimum absolute atomic E-state index is 0.185. The van der Waals surface area contributed by atoms with Gasteiger partial charge < -0.3 is 14.5 Å². The van der Waals surface area contributed by atoms with Gasteiger partial charge in [-0.05, 0) is 0 Å². The highest BCUT2D eigenvalue weighted by Crippen LogP contribution is 2.23. The number of carbonyl (C=O) groups excluding carboxylic acids is 1. The summed E-state index contributed by atoms with van der Waals surface area (Å²) in [7, 11) is 1.63. The first kappa shape index (κ1) is 18.0. The molecule has 0 aliphatic carbocycles. The molecule has 4 rings (SSSR count). The number of thiazole rings is 1. The Labute approximate surface area is 164 Å². The zero-order valence-corrected chi connectivity index (χ0v) is 15.7. The van der Waals surface area contributed by atoms with E-state index in [-0.39, 0.29) is 5.69 Å². The highest BCUT2D eigenvalue weighted by molar-refractivity contribution is 7.09. The second kappa shape index (κ2) is 8.11. The maximum atomic E-state index is 12.6. The molecule has 1 aromatic carbocycles. The van der Waals surface area contributed by atoms with Gasteiger partial charge in [0, 0.05) is 18.1 Å². The number of nitrogens with zero attached hydrogens (tertiary/aromatic N) is 5. The van der Waals surface area contributed by atoms with E-state index in [4.69, 9.17) is 9.15 Å². The van der Waals surface area contributed by atoms with E-state index in [0.29, 0.717) is 24.7 Å².